The minimum absolute atomic E-state index is 0.0831. The van der Waals surface area contributed by atoms with E-state index in [0.29, 0.717) is 17.7 Å². The number of esters is 1. The summed E-state index contributed by atoms with van der Waals surface area (Å²) in [6.07, 6.45) is 0.629. The summed E-state index contributed by atoms with van der Waals surface area (Å²) in [5, 5.41) is 2.84. The summed E-state index contributed by atoms with van der Waals surface area (Å²) in [6, 6.07) is 21.4. The first kappa shape index (κ1) is 25.2. The van der Waals surface area contributed by atoms with E-state index in [1.165, 1.54) is 5.56 Å². The van der Waals surface area contributed by atoms with Crippen LogP contribution in [0.2, 0.25) is 0 Å². The fraction of sp³-hybridized carbons (Fsp3) is 0.250. The number of Topliss-reactive ketones (excluding diaryl/α,β-unsaturated/α-hetero) is 1. The molecule has 3 aromatic carbocycles. The molecule has 0 bridgehead atoms. The van der Waals surface area contributed by atoms with Gasteiger partial charge in [0.15, 0.2) is 12.4 Å². The molecule has 0 aliphatic carbocycles. The molecule has 0 aliphatic rings. The van der Waals surface area contributed by atoms with Crippen molar-refractivity contribution in [2.24, 2.45) is 0 Å². The number of anilines is 1. The topological polar surface area (TPSA) is 72.5 Å². The number of ether oxygens (including phenoxy) is 1. The van der Waals surface area contributed by atoms with Crippen molar-refractivity contribution < 1.29 is 19.1 Å². The van der Waals surface area contributed by atoms with Crippen molar-refractivity contribution in [1.82, 2.24) is 0 Å². The predicted octanol–water partition coefficient (Wildman–Crippen LogP) is 6.30. The van der Waals surface area contributed by atoms with Crippen LogP contribution in [0.1, 0.15) is 46.3 Å². The Kier molecular flexibility index (Phi) is 9.05. The van der Waals surface area contributed by atoms with Crippen molar-refractivity contribution >= 4 is 35.1 Å². The van der Waals surface area contributed by atoms with Gasteiger partial charge in [-0.1, -0.05) is 41.6 Å². The van der Waals surface area contributed by atoms with Crippen molar-refractivity contribution in [3.05, 3.63) is 89.0 Å². The summed E-state index contributed by atoms with van der Waals surface area (Å²) in [6.45, 7) is 5.67. The second kappa shape index (κ2) is 12.2. The van der Waals surface area contributed by atoms with Gasteiger partial charge >= 0.3 is 5.97 Å². The Hall–Kier alpha value is -3.38. The molecule has 5 nitrogen and oxygen atoms in total. The normalized spacial score (nSPS) is 10.6. The highest BCUT2D eigenvalue weighted by atomic mass is 32.2. The van der Waals surface area contributed by atoms with E-state index in [-0.39, 0.29) is 31.1 Å². The number of nitrogens with one attached hydrogen (secondary N) is 1. The first-order valence-corrected chi connectivity index (χ1v) is 12.0. The Morgan fingerprint density at radius 1 is 0.794 bits per heavy atom. The highest BCUT2D eigenvalue weighted by Crippen LogP contribution is 2.28. The molecular formula is C28H29NO4S. The van der Waals surface area contributed by atoms with Gasteiger partial charge in [0, 0.05) is 33.9 Å². The van der Waals surface area contributed by atoms with Crippen molar-refractivity contribution in [3.63, 3.8) is 0 Å². The van der Waals surface area contributed by atoms with Crippen LogP contribution in [0.15, 0.2) is 76.5 Å². The third-order valence-electron chi connectivity index (χ3n) is 5.37. The summed E-state index contributed by atoms with van der Waals surface area (Å²) in [4.78, 5) is 38.6. The average molecular weight is 476 g/mol. The summed E-state index contributed by atoms with van der Waals surface area (Å²) in [7, 11) is 0. The molecular weight excluding hydrogens is 446 g/mol. The monoisotopic (exact) mass is 475 g/mol. The highest BCUT2D eigenvalue weighted by Gasteiger charge is 2.12. The number of hydrogen-bond acceptors (Lipinski definition) is 5. The fourth-order valence-corrected chi connectivity index (χ4v) is 4.00. The van der Waals surface area contributed by atoms with Crippen LogP contribution < -0.4 is 5.32 Å². The summed E-state index contributed by atoms with van der Waals surface area (Å²) >= 11 is 1.66. The first-order valence-electron chi connectivity index (χ1n) is 11.2. The van der Waals surface area contributed by atoms with Crippen molar-refractivity contribution in [2.75, 3.05) is 11.9 Å². The fourth-order valence-electron chi connectivity index (χ4n) is 3.18. The van der Waals surface area contributed by atoms with Crippen LogP contribution in [0.5, 0.6) is 0 Å². The van der Waals surface area contributed by atoms with E-state index in [1.807, 2.05) is 44.2 Å². The minimum atomic E-state index is -0.484. The third-order valence-corrected chi connectivity index (χ3v) is 6.39. The zero-order valence-corrected chi connectivity index (χ0v) is 20.5. The maximum atomic E-state index is 12.2. The van der Waals surface area contributed by atoms with Crippen LogP contribution in [0.25, 0.3) is 0 Å². The molecule has 0 spiro atoms. The van der Waals surface area contributed by atoms with E-state index in [1.54, 1.807) is 23.9 Å². The maximum absolute atomic E-state index is 12.2. The minimum Gasteiger partial charge on any atom is -0.457 e. The molecule has 0 unspecified atom stereocenters. The quantitative estimate of drug-likeness (QED) is 0.275. The lowest BCUT2D eigenvalue weighted by atomic mass is 10.0. The number of rotatable bonds is 10. The SMILES string of the molecule is Cc1ccc(Sc2ccc(NC(=O)CCCC(=O)OCC(=O)c3ccc(C)c(C)c3)cc2)cc1. The molecule has 0 atom stereocenters. The molecule has 0 radical (unpaired) electrons. The van der Waals surface area contributed by atoms with Crippen LogP contribution in [0.3, 0.4) is 0 Å². The van der Waals surface area contributed by atoms with E-state index >= 15 is 0 Å². The van der Waals surface area contributed by atoms with E-state index in [0.717, 1.165) is 20.9 Å². The van der Waals surface area contributed by atoms with Gasteiger partial charge in [0.05, 0.1) is 0 Å². The molecule has 34 heavy (non-hydrogen) atoms. The van der Waals surface area contributed by atoms with Crippen LogP contribution >= 0.6 is 11.8 Å². The van der Waals surface area contributed by atoms with E-state index in [9.17, 15) is 14.4 Å². The second-order valence-corrected chi connectivity index (χ2v) is 9.37. The second-order valence-electron chi connectivity index (χ2n) is 8.22. The largest absolute Gasteiger partial charge is 0.457 e. The van der Waals surface area contributed by atoms with Gasteiger partial charge in [0.1, 0.15) is 0 Å². The lowest BCUT2D eigenvalue weighted by molar-refractivity contribution is -0.142. The van der Waals surface area contributed by atoms with Gasteiger partial charge in [-0.25, -0.2) is 0 Å². The van der Waals surface area contributed by atoms with Crippen LogP contribution in [-0.4, -0.2) is 24.3 Å². The molecule has 6 heteroatoms. The smallest absolute Gasteiger partial charge is 0.306 e. The van der Waals surface area contributed by atoms with Gasteiger partial charge in [0.25, 0.3) is 0 Å². The zero-order valence-electron chi connectivity index (χ0n) is 19.7. The van der Waals surface area contributed by atoms with Gasteiger partial charge in [-0.15, -0.1) is 0 Å². The Morgan fingerprint density at radius 3 is 2.09 bits per heavy atom. The molecule has 0 aliphatic heterocycles. The summed E-state index contributed by atoms with van der Waals surface area (Å²) in [5.74, 6) is -0.890. The van der Waals surface area contributed by atoms with Gasteiger partial charge in [-0.3, -0.25) is 14.4 Å². The highest BCUT2D eigenvalue weighted by molar-refractivity contribution is 7.99. The molecule has 0 fully saturated rings. The molecule has 0 saturated carbocycles. The number of amides is 1. The number of benzene rings is 3. The molecule has 0 saturated heterocycles. The molecule has 1 N–H and O–H groups in total. The number of ketones is 1. The van der Waals surface area contributed by atoms with E-state index < -0.39 is 5.97 Å². The number of carbonyl (C=O) groups is 3. The van der Waals surface area contributed by atoms with Crippen LogP contribution in [-0.2, 0) is 14.3 Å². The molecule has 3 rings (SSSR count). The van der Waals surface area contributed by atoms with Gasteiger partial charge < -0.3 is 10.1 Å². The van der Waals surface area contributed by atoms with Gasteiger partial charge in [-0.2, -0.15) is 0 Å². The van der Waals surface area contributed by atoms with Crippen LogP contribution in [0, 0.1) is 20.8 Å². The van der Waals surface area contributed by atoms with Gasteiger partial charge in [-0.05, 0) is 80.8 Å². The number of carbonyl (C=O) groups excluding carboxylic acids is 3. The number of aryl methyl sites for hydroxylation is 3. The zero-order chi connectivity index (χ0) is 24.5. The average Bonchev–Trinajstić information content (AvgIpc) is 2.82. The predicted molar refractivity (Wildman–Crippen MR) is 135 cm³/mol. The summed E-state index contributed by atoms with van der Waals surface area (Å²) in [5.41, 5.74) is 4.58. The standard InChI is InChI=1S/C28H29NO4S/c1-19-7-13-24(14-8-19)34-25-15-11-23(12-16-25)29-27(31)5-4-6-28(32)33-18-26(30)22-10-9-20(2)21(3)17-22/h7-17H,4-6,18H2,1-3H3,(H,29,31). The van der Waals surface area contributed by atoms with Crippen LogP contribution in [0.4, 0.5) is 5.69 Å². The maximum Gasteiger partial charge on any atom is 0.306 e. The van der Waals surface area contributed by atoms with Crippen molar-refractivity contribution in [3.8, 4) is 0 Å². The first-order chi connectivity index (χ1) is 16.3. The Labute approximate surface area is 204 Å². The summed E-state index contributed by atoms with van der Waals surface area (Å²) < 4.78 is 5.07. The molecule has 0 aromatic heterocycles. The van der Waals surface area contributed by atoms with Gasteiger partial charge in [0.2, 0.25) is 5.91 Å². The Morgan fingerprint density at radius 2 is 1.44 bits per heavy atom. The Bertz CT molecular complexity index is 1150. The van der Waals surface area contributed by atoms with Crippen molar-refractivity contribution in [2.45, 2.75) is 49.8 Å². The Balaban J connectivity index is 1.35. The number of hydrogen-bond donors (Lipinski definition) is 1. The lowest BCUT2D eigenvalue weighted by Crippen LogP contribution is -2.15. The van der Waals surface area contributed by atoms with E-state index in [4.69, 9.17) is 4.74 Å². The molecule has 0 heterocycles. The van der Waals surface area contributed by atoms with Crippen molar-refractivity contribution in [1.29, 1.82) is 0 Å². The molecule has 176 valence electrons. The molecule has 1 amide bonds. The third kappa shape index (κ3) is 7.89. The lowest BCUT2D eigenvalue weighted by Gasteiger charge is -2.08. The van der Waals surface area contributed by atoms with E-state index in [2.05, 4.69) is 36.5 Å². The molecule has 3 aromatic rings.